The Hall–Kier alpha value is -3.26. The van der Waals surface area contributed by atoms with Gasteiger partial charge in [0.2, 0.25) is 0 Å². The maximum absolute atomic E-state index is 13.1. The largest absolute Gasteiger partial charge is 0.342 e. The molecule has 4 rings (SSSR count). The second kappa shape index (κ2) is 8.47. The molecule has 0 aliphatic carbocycles. The third kappa shape index (κ3) is 3.90. The molecule has 2 aromatic carbocycles. The summed E-state index contributed by atoms with van der Waals surface area (Å²) < 4.78 is 1.84. The van der Waals surface area contributed by atoms with E-state index in [4.69, 9.17) is 12.2 Å². The quantitative estimate of drug-likeness (QED) is 0.389. The molecule has 0 saturated heterocycles. The lowest BCUT2D eigenvalue weighted by Crippen LogP contribution is -2.33. The highest BCUT2D eigenvalue weighted by atomic mass is 32.1. The van der Waals surface area contributed by atoms with E-state index in [1.807, 2.05) is 31.2 Å². The molecular formula is C23H25N5O2S. The molecule has 2 atom stereocenters. The number of H-pyrrole nitrogens is 2. The minimum Gasteiger partial charge on any atom is -0.342 e. The summed E-state index contributed by atoms with van der Waals surface area (Å²) in [6.45, 7) is 6.52. The lowest BCUT2D eigenvalue weighted by Gasteiger charge is -2.22. The van der Waals surface area contributed by atoms with E-state index in [0.29, 0.717) is 27.8 Å². The van der Waals surface area contributed by atoms with E-state index in [1.165, 1.54) is 4.57 Å². The minimum absolute atomic E-state index is 0.159. The highest BCUT2D eigenvalue weighted by Crippen LogP contribution is 2.25. The van der Waals surface area contributed by atoms with Crippen LogP contribution in [0, 0.1) is 10.7 Å². The topological polar surface area (TPSA) is 95.6 Å². The van der Waals surface area contributed by atoms with Crippen molar-refractivity contribution < 1.29 is 4.79 Å². The molecule has 0 radical (unpaired) electrons. The van der Waals surface area contributed by atoms with Gasteiger partial charge in [0.05, 0.1) is 28.0 Å². The Bertz CT molecular complexity index is 1350. The van der Waals surface area contributed by atoms with Gasteiger partial charge in [0.1, 0.15) is 5.82 Å². The number of rotatable bonds is 6. The molecule has 8 heteroatoms. The number of aromatic amines is 2. The number of benzene rings is 2. The molecule has 3 N–H and O–H groups in total. The first-order valence-electron chi connectivity index (χ1n) is 10.4. The van der Waals surface area contributed by atoms with Gasteiger partial charge in [0.15, 0.2) is 4.77 Å². The highest BCUT2D eigenvalue weighted by molar-refractivity contribution is 7.71. The maximum atomic E-state index is 13.1. The van der Waals surface area contributed by atoms with Crippen LogP contribution in [-0.4, -0.2) is 25.4 Å². The van der Waals surface area contributed by atoms with E-state index >= 15 is 0 Å². The number of nitrogens with one attached hydrogen (secondary N) is 3. The molecule has 0 unspecified atom stereocenters. The van der Waals surface area contributed by atoms with Crippen molar-refractivity contribution in [3.63, 3.8) is 0 Å². The van der Waals surface area contributed by atoms with Gasteiger partial charge in [-0.3, -0.25) is 14.2 Å². The fourth-order valence-corrected chi connectivity index (χ4v) is 4.07. The van der Waals surface area contributed by atoms with Crippen LogP contribution in [0.3, 0.4) is 0 Å². The Morgan fingerprint density at radius 1 is 1.16 bits per heavy atom. The van der Waals surface area contributed by atoms with Crippen molar-refractivity contribution in [2.75, 3.05) is 0 Å². The molecule has 0 saturated carbocycles. The first-order valence-corrected chi connectivity index (χ1v) is 10.9. The number of nitrogens with zero attached hydrogens (tertiary/aromatic N) is 2. The van der Waals surface area contributed by atoms with Gasteiger partial charge in [0.25, 0.3) is 11.5 Å². The lowest BCUT2D eigenvalue weighted by molar-refractivity contribution is 0.0920. The minimum atomic E-state index is -0.271. The summed E-state index contributed by atoms with van der Waals surface area (Å²) in [6.07, 6.45) is 0.878. The van der Waals surface area contributed by atoms with Crippen LogP contribution < -0.4 is 10.9 Å². The van der Waals surface area contributed by atoms with Gasteiger partial charge in [-0.05, 0) is 55.4 Å². The number of hydrogen-bond donors (Lipinski definition) is 3. The fourth-order valence-electron chi connectivity index (χ4n) is 3.74. The smallest absolute Gasteiger partial charge is 0.262 e. The summed E-state index contributed by atoms with van der Waals surface area (Å²) in [7, 11) is 0. The molecule has 4 aromatic rings. The van der Waals surface area contributed by atoms with E-state index < -0.39 is 0 Å². The molecule has 0 aliphatic heterocycles. The first kappa shape index (κ1) is 21.0. The summed E-state index contributed by atoms with van der Waals surface area (Å²) in [4.78, 5) is 36.8. The van der Waals surface area contributed by atoms with Crippen molar-refractivity contribution in [3.8, 4) is 0 Å². The summed E-state index contributed by atoms with van der Waals surface area (Å²) in [5, 5.41) is 3.62. The van der Waals surface area contributed by atoms with Crippen LogP contribution in [0.15, 0.2) is 47.3 Å². The normalized spacial score (nSPS) is 13.4. The Morgan fingerprint density at radius 2 is 1.94 bits per heavy atom. The van der Waals surface area contributed by atoms with Crippen molar-refractivity contribution in [1.82, 2.24) is 24.8 Å². The predicted molar refractivity (Wildman–Crippen MR) is 125 cm³/mol. The zero-order chi connectivity index (χ0) is 22.1. The predicted octanol–water partition coefficient (Wildman–Crippen LogP) is 4.47. The van der Waals surface area contributed by atoms with Crippen molar-refractivity contribution in [3.05, 3.63) is 69.0 Å². The second-order valence-corrected chi connectivity index (χ2v) is 8.10. The number of para-hydroxylation sites is 2. The van der Waals surface area contributed by atoms with Gasteiger partial charge in [-0.1, -0.05) is 32.4 Å². The number of imidazole rings is 1. The first-order chi connectivity index (χ1) is 14.9. The van der Waals surface area contributed by atoms with Gasteiger partial charge in [-0.2, -0.15) is 0 Å². The number of carbonyl (C=O) groups excluding carboxylic acids is 1. The van der Waals surface area contributed by atoms with Crippen molar-refractivity contribution in [2.45, 2.75) is 39.8 Å². The number of fused-ring (bicyclic) bond motifs is 2. The van der Waals surface area contributed by atoms with E-state index in [0.717, 1.165) is 23.3 Å². The average molecular weight is 436 g/mol. The third-order valence-corrected chi connectivity index (χ3v) is 6.08. The van der Waals surface area contributed by atoms with Gasteiger partial charge in [-0.25, -0.2) is 4.98 Å². The molecular weight excluding hydrogens is 410 g/mol. The maximum Gasteiger partial charge on any atom is 0.262 e. The highest BCUT2D eigenvalue weighted by Gasteiger charge is 2.24. The molecule has 7 nitrogen and oxygen atoms in total. The number of carbonyl (C=O) groups is 1. The van der Waals surface area contributed by atoms with Crippen molar-refractivity contribution in [2.24, 2.45) is 5.92 Å². The van der Waals surface area contributed by atoms with Crippen molar-refractivity contribution >= 4 is 40.1 Å². The van der Waals surface area contributed by atoms with Crippen LogP contribution in [0.25, 0.3) is 21.9 Å². The van der Waals surface area contributed by atoms with Crippen LogP contribution in [0.4, 0.5) is 0 Å². The van der Waals surface area contributed by atoms with Crippen LogP contribution in [0.5, 0.6) is 0 Å². The molecule has 2 heterocycles. The summed E-state index contributed by atoms with van der Waals surface area (Å²) in [5.41, 5.74) is 2.65. The van der Waals surface area contributed by atoms with Crippen LogP contribution in [-0.2, 0) is 6.54 Å². The Morgan fingerprint density at radius 3 is 2.65 bits per heavy atom. The molecule has 0 spiro atoms. The average Bonchev–Trinajstić information content (AvgIpc) is 3.20. The summed E-state index contributed by atoms with van der Waals surface area (Å²) in [5.74, 6) is 0.675. The van der Waals surface area contributed by atoms with Gasteiger partial charge < -0.3 is 15.3 Å². The summed E-state index contributed by atoms with van der Waals surface area (Å²) >= 11 is 5.28. The van der Waals surface area contributed by atoms with Crippen LogP contribution in [0.1, 0.15) is 49.4 Å². The molecule has 160 valence electrons. The third-order valence-electron chi connectivity index (χ3n) is 5.76. The Balaban J connectivity index is 1.69. The summed E-state index contributed by atoms with van der Waals surface area (Å²) in [6, 6.07) is 12.5. The van der Waals surface area contributed by atoms with E-state index in [-0.39, 0.29) is 23.4 Å². The fraction of sp³-hybridized carbons (Fsp3) is 0.304. The molecule has 0 fully saturated rings. The lowest BCUT2D eigenvalue weighted by atomic mass is 9.98. The number of hydrogen-bond acceptors (Lipinski definition) is 4. The van der Waals surface area contributed by atoms with E-state index in [1.54, 1.807) is 18.2 Å². The van der Waals surface area contributed by atoms with Crippen molar-refractivity contribution in [1.29, 1.82) is 0 Å². The Labute approximate surface area is 184 Å². The molecule has 2 aromatic heterocycles. The number of amides is 1. The van der Waals surface area contributed by atoms with Crippen LogP contribution in [0.2, 0.25) is 0 Å². The van der Waals surface area contributed by atoms with Gasteiger partial charge in [-0.15, -0.1) is 0 Å². The van der Waals surface area contributed by atoms with Gasteiger partial charge >= 0.3 is 0 Å². The van der Waals surface area contributed by atoms with Crippen LogP contribution >= 0.6 is 12.2 Å². The molecule has 0 bridgehead atoms. The number of aromatic nitrogens is 4. The SMILES string of the molecule is CC[C@H](C)[C@@H](NC(=O)c1ccc2c(=O)n(CC)c(=S)[nH]c2c1)c1nc2ccccc2[nH]1. The second-order valence-electron chi connectivity index (χ2n) is 7.72. The van der Waals surface area contributed by atoms with E-state index in [2.05, 4.69) is 34.1 Å². The molecule has 31 heavy (non-hydrogen) atoms. The van der Waals surface area contributed by atoms with E-state index in [9.17, 15) is 9.59 Å². The standard InChI is InChI=1S/C23H25N5O2S/c1-4-13(3)19(20-24-16-8-6-7-9-17(16)25-20)27-21(29)14-10-11-15-18(12-14)26-23(31)28(5-2)22(15)30/h6-13,19H,4-5H2,1-3H3,(H,24,25)(H,26,31)(H,27,29)/t13-,19+/m0/s1. The zero-order valence-corrected chi connectivity index (χ0v) is 18.5. The zero-order valence-electron chi connectivity index (χ0n) is 17.7. The molecule has 1 amide bonds. The Kier molecular flexibility index (Phi) is 5.73. The van der Waals surface area contributed by atoms with Gasteiger partial charge in [0, 0.05) is 12.1 Å². The monoisotopic (exact) mass is 435 g/mol. The molecule has 0 aliphatic rings.